The third-order valence-corrected chi connectivity index (χ3v) is 5.36. The Morgan fingerprint density at radius 1 is 1.24 bits per heavy atom. The average molecular weight is 471 g/mol. The maximum Gasteiger partial charge on any atom is 0.525 e. The molecule has 0 saturated carbocycles. The predicted molar refractivity (Wildman–Crippen MR) is 92.0 cm³/mol. The summed E-state index contributed by atoms with van der Waals surface area (Å²) < 4.78 is 40.6. The number of hydrogen-bond donors (Lipinski definition) is 0. The molecule has 114 valence electrons. The summed E-state index contributed by atoms with van der Waals surface area (Å²) in [6.07, 6.45) is 1.11. The van der Waals surface area contributed by atoms with Gasteiger partial charge in [-0.3, -0.25) is 0 Å². The molecule has 0 aliphatic carbocycles. The molecule has 0 bridgehead atoms. The van der Waals surface area contributed by atoms with Crippen LogP contribution in [-0.4, -0.2) is 18.3 Å². The summed E-state index contributed by atoms with van der Waals surface area (Å²) in [5.74, 6) is -0.475. The Balaban J connectivity index is 2.34. The van der Waals surface area contributed by atoms with Crippen molar-refractivity contribution in [1.82, 2.24) is 0 Å². The summed E-state index contributed by atoms with van der Waals surface area (Å²) in [5, 5.41) is 0. The zero-order valence-electron chi connectivity index (χ0n) is 12.1. The highest BCUT2D eigenvalue weighted by molar-refractivity contribution is 14.1. The Morgan fingerprint density at radius 2 is 1.76 bits per heavy atom. The van der Waals surface area contributed by atoms with E-state index in [-0.39, 0.29) is 5.56 Å². The Kier molecular flexibility index (Phi) is 4.88. The van der Waals surface area contributed by atoms with Gasteiger partial charge in [-0.1, -0.05) is 15.9 Å². The first-order valence-electron chi connectivity index (χ1n) is 6.41. The molecule has 7 heteroatoms. The van der Waals surface area contributed by atoms with E-state index >= 15 is 0 Å². The summed E-state index contributed by atoms with van der Waals surface area (Å²) in [4.78, 5) is 0. The third kappa shape index (κ3) is 3.35. The molecular formula is C14H15BBrF2IO2. The second kappa shape index (κ2) is 5.90. The summed E-state index contributed by atoms with van der Waals surface area (Å²) in [6, 6.07) is 3.29. The van der Waals surface area contributed by atoms with E-state index in [1.165, 1.54) is 0 Å². The lowest BCUT2D eigenvalue weighted by Crippen LogP contribution is -2.41. The van der Waals surface area contributed by atoms with Gasteiger partial charge in [0.1, 0.15) is 11.5 Å². The molecule has 1 heterocycles. The molecule has 0 amide bonds. The summed E-state index contributed by atoms with van der Waals surface area (Å²) in [6.45, 7) is 7.34. The van der Waals surface area contributed by atoms with E-state index in [9.17, 15) is 8.78 Å². The second-order valence-corrected chi connectivity index (χ2v) is 7.89. The molecule has 0 N–H and O–H groups in total. The molecule has 0 spiro atoms. The van der Waals surface area contributed by atoms with Crippen molar-refractivity contribution < 1.29 is 18.1 Å². The van der Waals surface area contributed by atoms with Crippen molar-refractivity contribution >= 4 is 51.7 Å². The molecular weight excluding hydrogens is 456 g/mol. The fourth-order valence-corrected chi connectivity index (χ4v) is 2.73. The molecule has 1 aromatic carbocycles. The fourth-order valence-electron chi connectivity index (χ4n) is 1.84. The number of halogens is 4. The van der Waals surface area contributed by atoms with Crippen LogP contribution in [0.5, 0.6) is 0 Å². The minimum Gasteiger partial charge on any atom is -0.398 e. The molecule has 0 atom stereocenters. The van der Waals surface area contributed by atoms with Crippen molar-refractivity contribution in [2.75, 3.05) is 0 Å². The average Bonchev–Trinajstić information content (AvgIpc) is 2.59. The Hall–Kier alpha value is 0.0149. The Morgan fingerprint density at radius 3 is 2.29 bits per heavy atom. The topological polar surface area (TPSA) is 18.5 Å². The second-order valence-electron chi connectivity index (χ2n) is 5.87. The van der Waals surface area contributed by atoms with E-state index < -0.39 is 29.9 Å². The van der Waals surface area contributed by atoms with Crippen LogP contribution < -0.4 is 0 Å². The molecule has 1 aromatic rings. The standard InChI is InChI=1S/C14H15BBrF2IO2/c1-13(2)14(3,4)21-15(20-13)11(17)7-8-9(16)5-6-10(19)12(8)18/h5-7H,1-4H3. The minimum absolute atomic E-state index is 0.147. The van der Waals surface area contributed by atoms with Crippen molar-refractivity contribution in [3.05, 3.63) is 37.3 Å². The van der Waals surface area contributed by atoms with Crippen LogP contribution in [0, 0.1) is 9.39 Å². The van der Waals surface area contributed by atoms with E-state index in [4.69, 9.17) is 9.31 Å². The van der Waals surface area contributed by atoms with E-state index in [1.807, 2.05) is 50.3 Å². The van der Waals surface area contributed by atoms with Crippen molar-refractivity contribution in [2.24, 2.45) is 0 Å². The first-order valence-corrected chi connectivity index (χ1v) is 8.28. The van der Waals surface area contributed by atoms with Crippen molar-refractivity contribution in [3.8, 4) is 0 Å². The van der Waals surface area contributed by atoms with E-state index in [2.05, 4.69) is 15.9 Å². The van der Waals surface area contributed by atoms with E-state index in [1.54, 1.807) is 12.1 Å². The molecule has 21 heavy (non-hydrogen) atoms. The van der Waals surface area contributed by atoms with Crippen LogP contribution in [-0.2, 0) is 9.31 Å². The van der Waals surface area contributed by atoms with Crippen LogP contribution in [0.15, 0.2) is 22.3 Å². The van der Waals surface area contributed by atoms with Gasteiger partial charge < -0.3 is 9.31 Å². The van der Waals surface area contributed by atoms with Crippen molar-refractivity contribution in [1.29, 1.82) is 0 Å². The third-order valence-electron chi connectivity index (χ3n) is 3.84. The molecule has 2 rings (SSSR count). The van der Waals surface area contributed by atoms with Crippen LogP contribution in [0.1, 0.15) is 33.3 Å². The highest BCUT2D eigenvalue weighted by Crippen LogP contribution is 2.39. The van der Waals surface area contributed by atoms with Gasteiger partial charge in [-0.2, -0.15) is 0 Å². The van der Waals surface area contributed by atoms with E-state index in [0.717, 1.165) is 6.08 Å². The lowest BCUT2D eigenvalue weighted by molar-refractivity contribution is 0.00578. The zero-order chi connectivity index (χ0) is 16.0. The number of rotatable bonds is 2. The molecule has 2 nitrogen and oxygen atoms in total. The summed E-state index contributed by atoms with van der Waals surface area (Å²) in [7, 11) is -1.13. The highest BCUT2D eigenvalue weighted by atomic mass is 127. The maximum atomic E-state index is 14.4. The zero-order valence-corrected chi connectivity index (χ0v) is 15.9. The van der Waals surface area contributed by atoms with Crippen LogP contribution in [0.25, 0.3) is 6.08 Å². The van der Waals surface area contributed by atoms with Crippen molar-refractivity contribution in [2.45, 2.75) is 38.9 Å². The monoisotopic (exact) mass is 470 g/mol. The maximum absolute atomic E-state index is 14.4. The van der Waals surface area contributed by atoms with Crippen molar-refractivity contribution in [3.63, 3.8) is 0 Å². The molecule has 1 saturated heterocycles. The first kappa shape index (κ1) is 17.4. The van der Waals surface area contributed by atoms with Crippen LogP contribution in [0.3, 0.4) is 0 Å². The first-order chi connectivity index (χ1) is 9.55. The Labute approximate surface area is 145 Å². The predicted octanol–water partition coefficient (Wildman–Crippen LogP) is 5.13. The lowest BCUT2D eigenvalue weighted by Gasteiger charge is -2.32. The molecule has 1 aliphatic rings. The largest absolute Gasteiger partial charge is 0.525 e. The fraction of sp³-hybridized carbons (Fsp3) is 0.429. The normalized spacial score (nSPS) is 21.0. The highest BCUT2D eigenvalue weighted by Gasteiger charge is 2.53. The Bertz CT molecular complexity index is 589. The lowest BCUT2D eigenvalue weighted by atomic mass is 9.87. The molecule has 1 fully saturated rings. The van der Waals surface area contributed by atoms with Gasteiger partial charge in [0.2, 0.25) is 0 Å². The van der Waals surface area contributed by atoms with Crippen LogP contribution >= 0.6 is 38.5 Å². The van der Waals surface area contributed by atoms with E-state index in [0.29, 0.717) is 8.04 Å². The van der Waals surface area contributed by atoms with Crippen LogP contribution in [0.4, 0.5) is 8.78 Å². The van der Waals surface area contributed by atoms with Gasteiger partial charge in [0.05, 0.1) is 11.2 Å². The van der Waals surface area contributed by atoms with Gasteiger partial charge in [-0.15, -0.1) is 0 Å². The minimum atomic E-state index is -1.13. The SMILES string of the molecule is CC1(C)OB(C(F)=Cc2c(Br)ccc(I)c2F)OC1(C)C. The molecule has 0 radical (unpaired) electrons. The van der Waals surface area contributed by atoms with Gasteiger partial charge in [0, 0.05) is 13.6 Å². The van der Waals surface area contributed by atoms with Gasteiger partial charge in [-0.25, -0.2) is 8.78 Å². The van der Waals surface area contributed by atoms with Gasteiger partial charge in [0.25, 0.3) is 0 Å². The smallest absolute Gasteiger partial charge is 0.398 e. The van der Waals surface area contributed by atoms with Gasteiger partial charge in [0.15, 0.2) is 0 Å². The summed E-state index contributed by atoms with van der Waals surface area (Å²) in [5.41, 5.74) is -1.78. The molecule has 0 unspecified atom stereocenters. The molecule has 0 aromatic heterocycles. The number of hydrogen-bond acceptors (Lipinski definition) is 2. The van der Waals surface area contributed by atoms with Crippen LogP contribution in [0.2, 0.25) is 0 Å². The molecule has 1 aliphatic heterocycles. The number of benzene rings is 1. The quantitative estimate of drug-likeness (QED) is 0.339. The van der Waals surface area contributed by atoms with Gasteiger partial charge in [-0.05, 0) is 68.5 Å². The van der Waals surface area contributed by atoms with Gasteiger partial charge >= 0.3 is 7.12 Å². The summed E-state index contributed by atoms with van der Waals surface area (Å²) >= 11 is 5.09.